The second-order valence-electron chi connectivity index (χ2n) is 5.29. The van der Waals surface area contributed by atoms with Gasteiger partial charge in [-0.05, 0) is 32.9 Å². The number of esters is 2. The highest BCUT2D eigenvalue weighted by Gasteiger charge is 2.64. The molecule has 1 rings (SSSR count). The Morgan fingerprint density at radius 3 is 2.08 bits per heavy atom. The molecule has 0 aliphatic carbocycles. The molecule has 0 radical (unpaired) electrons. The summed E-state index contributed by atoms with van der Waals surface area (Å²) >= 11 is 0. The maximum Gasteiger partial charge on any atom is 0.418 e. The number of carbonyl (C=O) groups excluding carboxylic acids is 2. The lowest BCUT2D eigenvalue weighted by molar-refractivity contribution is -0.213. The van der Waals surface area contributed by atoms with Gasteiger partial charge in [-0.3, -0.25) is 4.79 Å². The fraction of sp³-hybridized carbons (Fsp3) is 0.500. The molecule has 146 valence electrons. The number of ether oxygens (including phenoxy) is 2. The third-order valence-electron chi connectivity index (χ3n) is 3.32. The van der Waals surface area contributed by atoms with Gasteiger partial charge in [-0.2, -0.15) is 13.2 Å². The topological polar surface area (TPSA) is 81.7 Å². The first-order valence-electron chi connectivity index (χ1n) is 7.73. The minimum atomic E-state index is -5.26. The van der Waals surface area contributed by atoms with Gasteiger partial charge in [0, 0.05) is 0 Å². The number of benzene rings is 1. The summed E-state index contributed by atoms with van der Waals surface area (Å²) < 4.78 is 64.6. The van der Waals surface area contributed by atoms with E-state index in [4.69, 9.17) is 0 Å². The predicted octanol–water partition coefficient (Wildman–Crippen LogP) is 2.42. The van der Waals surface area contributed by atoms with Gasteiger partial charge in [-0.15, -0.1) is 0 Å². The number of alkyl halides is 3. The van der Waals surface area contributed by atoms with Gasteiger partial charge in [0.1, 0.15) is 11.0 Å². The molecule has 6 nitrogen and oxygen atoms in total. The Bertz CT molecular complexity index is 663. The van der Waals surface area contributed by atoms with Crippen LogP contribution < -0.4 is 4.72 Å². The molecule has 1 aromatic rings. The van der Waals surface area contributed by atoms with Crippen LogP contribution in [0.25, 0.3) is 0 Å². The van der Waals surface area contributed by atoms with Gasteiger partial charge in [0.2, 0.25) is 5.54 Å². The molecule has 2 atom stereocenters. The molecule has 10 heteroatoms. The largest absolute Gasteiger partial charge is 0.466 e. The molecule has 0 bridgehead atoms. The van der Waals surface area contributed by atoms with Gasteiger partial charge < -0.3 is 9.47 Å². The highest BCUT2D eigenvalue weighted by Crippen LogP contribution is 2.36. The molecule has 0 aromatic heterocycles. The van der Waals surface area contributed by atoms with Crippen molar-refractivity contribution in [3.63, 3.8) is 0 Å². The number of hydrogen-bond acceptors (Lipinski definition) is 5. The van der Waals surface area contributed by atoms with Gasteiger partial charge in [0.15, 0.2) is 0 Å². The van der Waals surface area contributed by atoms with E-state index < -0.39 is 41.1 Å². The Morgan fingerprint density at radius 1 is 1.08 bits per heavy atom. The quantitative estimate of drug-likeness (QED) is 0.684. The van der Waals surface area contributed by atoms with Crippen LogP contribution in [0.1, 0.15) is 25.8 Å². The molecule has 26 heavy (non-hydrogen) atoms. The van der Waals surface area contributed by atoms with Crippen LogP contribution in [0.5, 0.6) is 0 Å². The van der Waals surface area contributed by atoms with Crippen LogP contribution in [0, 0.1) is 6.92 Å². The fourth-order valence-electron chi connectivity index (χ4n) is 1.99. The number of rotatable bonds is 8. The molecule has 0 heterocycles. The van der Waals surface area contributed by atoms with Crippen molar-refractivity contribution in [2.45, 2.75) is 43.8 Å². The number of hydrogen-bond donors (Lipinski definition) is 1. The summed E-state index contributed by atoms with van der Waals surface area (Å²) in [6.45, 7) is 3.96. The monoisotopic (exact) mass is 395 g/mol. The van der Waals surface area contributed by atoms with E-state index in [1.54, 1.807) is 23.8 Å². The van der Waals surface area contributed by atoms with Crippen molar-refractivity contribution >= 4 is 22.9 Å². The van der Waals surface area contributed by atoms with Crippen LogP contribution in [0.3, 0.4) is 0 Å². The highest BCUT2D eigenvalue weighted by atomic mass is 32.2. The molecule has 0 amide bonds. The summed E-state index contributed by atoms with van der Waals surface area (Å²) in [5.74, 6) is -3.02. The number of halogens is 3. The van der Waals surface area contributed by atoms with Gasteiger partial charge in [0.05, 0.1) is 24.5 Å². The molecule has 1 aromatic carbocycles. The second-order valence-corrected chi connectivity index (χ2v) is 6.50. The Kier molecular flexibility index (Phi) is 7.76. The maximum absolute atomic E-state index is 13.8. The lowest BCUT2D eigenvalue weighted by Crippen LogP contribution is -2.64. The zero-order valence-corrected chi connectivity index (χ0v) is 15.3. The molecule has 0 aliphatic rings. The Balaban J connectivity index is 3.31. The molecule has 1 unspecified atom stereocenters. The van der Waals surface area contributed by atoms with Crippen molar-refractivity contribution < 1.29 is 36.4 Å². The van der Waals surface area contributed by atoms with Crippen molar-refractivity contribution in [2.24, 2.45) is 0 Å². The third-order valence-corrected chi connectivity index (χ3v) is 4.56. The zero-order chi connectivity index (χ0) is 20.0. The van der Waals surface area contributed by atoms with Gasteiger partial charge in [-0.1, -0.05) is 17.7 Å². The van der Waals surface area contributed by atoms with E-state index in [0.717, 1.165) is 5.56 Å². The average molecular weight is 395 g/mol. The van der Waals surface area contributed by atoms with Crippen LogP contribution in [-0.2, 0) is 30.0 Å². The summed E-state index contributed by atoms with van der Waals surface area (Å²) in [5.41, 5.74) is -2.69. The SMILES string of the molecule is CCOC(=O)C[C@@](NS(=O)c1ccc(C)cc1)(C(=O)OCC)C(F)(F)F. The van der Waals surface area contributed by atoms with Crippen molar-refractivity contribution in [3.05, 3.63) is 29.8 Å². The lowest BCUT2D eigenvalue weighted by atomic mass is 9.96. The summed E-state index contributed by atoms with van der Waals surface area (Å²) in [5, 5.41) is 0. The maximum atomic E-state index is 13.8. The van der Waals surface area contributed by atoms with Gasteiger partial charge in [0.25, 0.3) is 0 Å². The van der Waals surface area contributed by atoms with E-state index in [0.29, 0.717) is 0 Å². The summed E-state index contributed by atoms with van der Waals surface area (Å²) in [7, 11) is -2.43. The van der Waals surface area contributed by atoms with Crippen LogP contribution in [0.15, 0.2) is 29.2 Å². The van der Waals surface area contributed by atoms with Crippen molar-refractivity contribution in [3.8, 4) is 0 Å². The van der Waals surface area contributed by atoms with Crippen LogP contribution in [-0.4, -0.2) is 41.1 Å². The van der Waals surface area contributed by atoms with Crippen LogP contribution in [0.4, 0.5) is 13.2 Å². The standard InChI is InChI=1S/C16H20F3NO5S/c1-4-24-13(21)10-15(16(17,18)19,14(22)25-5-2)20-26(23)12-8-6-11(3)7-9-12/h6-9,20H,4-5,10H2,1-3H3/t15-,26?/m1/s1. The van der Waals surface area contributed by atoms with E-state index in [-0.39, 0.29) is 18.1 Å². The third kappa shape index (κ3) is 5.28. The molecule has 0 spiro atoms. The molecule has 0 aliphatic heterocycles. The zero-order valence-electron chi connectivity index (χ0n) is 14.5. The predicted molar refractivity (Wildman–Crippen MR) is 87.4 cm³/mol. The van der Waals surface area contributed by atoms with Crippen molar-refractivity contribution in [1.29, 1.82) is 0 Å². The van der Waals surface area contributed by atoms with E-state index in [9.17, 15) is 27.0 Å². The summed E-state index contributed by atoms with van der Waals surface area (Å²) in [6, 6.07) is 5.82. The Labute approximate surface area is 151 Å². The minimum Gasteiger partial charge on any atom is -0.466 e. The Hall–Kier alpha value is -1.94. The van der Waals surface area contributed by atoms with E-state index in [2.05, 4.69) is 9.47 Å². The fourth-order valence-corrected chi connectivity index (χ4v) is 3.07. The number of aryl methyl sites for hydroxylation is 1. The first kappa shape index (κ1) is 22.1. The number of nitrogens with one attached hydrogen (secondary N) is 1. The average Bonchev–Trinajstić information content (AvgIpc) is 2.54. The molecular weight excluding hydrogens is 375 g/mol. The van der Waals surface area contributed by atoms with Crippen molar-refractivity contribution in [1.82, 2.24) is 4.72 Å². The summed E-state index contributed by atoms with van der Waals surface area (Å²) in [6.07, 6.45) is -6.66. The minimum absolute atomic E-state index is 0.0115. The van der Waals surface area contributed by atoms with Crippen LogP contribution >= 0.6 is 0 Å². The molecule has 0 fully saturated rings. The highest BCUT2D eigenvalue weighted by molar-refractivity contribution is 7.83. The lowest BCUT2D eigenvalue weighted by Gasteiger charge is -2.32. The first-order valence-corrected chi connectivity index (χ1v) is 8.88. The van der Waals surface area contributed by atoms with Crippen molar-refractivity contribution in [2.75, 3.05) is 13.2 Å². The van der Waals surface area contributed by atoms with Gasteiger partial charge >= 0.3 is 18.1 Å². The molecule has 1 N–H and O–H groups in total. The normalized spacial score (nSPS) is 15.0. The first-order chi connectivity index (χ1) is 12.1. The Morgan fingerprint density at radius 2 is 1.62 bits per heavy atom. The molecular formula is C16H20F3NO5S. The smallest absolute Gasteiger partial charge is 0.418 e. The second kappa shape index (κ2) is 9.13. The summed E-state index contributed by atoms with van der Waals surface area (Å²) in [4.78, 5) is 23.8. The molecule has 0 saturated carbocycles. The van der Waals surface area contributed by atoms with Gasteiger partial charge in [-0.25, -0.2) is 13.7 Å². The van der Waals surface area contributed by atoms with E-state index >= 15 is 0 Å². The van der Waals surface area contributed by atoms with Crippen LogP contribution in [0.2, 0.25) is 0 Å². The molecule has 0 saturated heterocycles. The van der Waals surface area contributed by atoms with E-state index in [1.165, 1.54) is 26.0 Å². The van der Waals surface area contributed by atoms with E-state index in [1.807, 2.05) is 0 Å². The number of carbonyl (C=O) groups is 2.